The molecule has 0 spiro atoms. The smallest absolute Gasteiger partial charge is 0.272 e. The fraction of sp³-hybridized carbons (Fsp3) is 0.364. The predicted molar refractivity (Wildman–Crippen MR) is 115 cm³/mol. The van der Waals surface area contributed by atoms with Gasteiger partial charge in [-0.15, -0.1) is 0 Å². The van der Waals surface area contributed by atoms with Crippen molar-refractivity contribution in [2.45, 2.75) is 37.9 Å². The van der Waals surface area contributed by atoms with Gasteiger partial charge < -0.3 is 16.0 Å². The topological polar surface area (TPSA) is 96.8 Å². The summed E-state index contributed by atoms with van der Waals surface area (Å²) in [7, 11) is 1.77. The number of alkyl halides is 2. The monoisotopic (exact) mass is 457 g/mol. The van der Waals surface area contributed by atoms with Gasteiger partial charge >= 0.3 is 0 Å². The van der Waals surface area contributed by atoms with E-state index in [1.807, 2.05) is 0 Å². The first kappa shape index (κ1) is 21.2. The van der Waals surface area contributed by atoms with E-state index in [1.165, 1.54) is 18.5 Å². The van der Waals surface area contributed by atoms with Gasteiger partial charge in [0, 0.05) is 44.1 Å². The van der Waals surface area contributed by atoms with Crippen LogP contribution in [0.2, 0.25) is 0 Å². The second kappa shape index (κ2) is 8.05. The Labute approximate surface area is 187 Å². The van der Waals surface area contributed by atoms with Crippen LogP contribution >= 0.6 is 0 Å². The fourth-order valence-electron chi connectivity index (χ4n) is 4.40. The van der Waals surface area contributed by atoms with E-state index in [0.29, 0.717) is 29.1 Å². The highest BCUT2D eigenvalue weighted by Gasteiger charge is 2.44. The average Bonchev–Trinajstić information content (AvgIpc) is 3.49. The van der Waals surface area contributed by atoms with Gasteiger partial charge in [-0.05, 0) is 35.7 Å². The van der Waals surface area contributed by atoms with Crippen LogP contribution in [0.5, 0.6) is 0 Å². The van der Waals surface area contributed by atoms with Gasteiger partial charge in [-0.1, -0.05) is 0 Å². The maximum Gasteiger partial charge on any atom is 0.272 e. The maximum atomic E-state index is 14.2. The zero-order valence-corrected chi connectivity index (χ0v) is 17.8. The van der Waals surface area contributed by atoms with Crippen molar-refractivity contribution in [3.8, 4) is 11.1 Å². The van der Waals surface area contributed by atoms with E-state index in [2.05, 4.69) is 31.0 Å². The molecule has 2 atom stereocenters. The summed E-state index contributed by atoms with van der Waals surface area (Å²) >= 11 is 0. The van der Waals surface area contributed by atoms with Gasteiger partial charge in [-0.25, -0.2) is 23.1 Å². The second-order valence-corrected chi connectivity index (χ2v) is 8.50. The van der Waals surface area contributed by atoms with Gasteiger partial charge in [0.05, 0.1) is 6.20 Å². The highest BCUT2D eigenvalue weighted by Crippen LogP contribution is 2.43. The SMILES string of the molecule is Cn1cc(-c2cc(F)cc(CNC(=O)c3ncnc4c3NC(C3CCC(F)(F)C3)N4)c2)cn1. The molecule has 1 fully saturated rings. The lowest BCUT2D eigenvalue weighted by Crippen LogP contribution is -2.32. The molecule has 5 rings (SSSR count). The molecule has 3 aromatic rings. The molecule has 1 amide bonds. The number of benzene rings is 1. The minimum absolute atomic E-state index is 0.0777. The van der Waals surface area contributed by atoms with Gasteiger partial charge in [-0.2, -0.15) is 5.10 Å². The Bertz CT molecular complexity index is 1210. The number of halogens is 3. The van der Waals surface area contributed by atoms with Crippen LogP contribution in [0.4, 0.5) is 24.7 Å². The first-order valence-electron chi connectivity index (χ1n) is 10.6. The number of amides is 1. The summed E-state index contributed by atoms with van der Waals surface area (Å²) in [6.07, 6.45) is 4.21. The van der Waals surface area contributed by atoms with Crippen LogP contribution in [0.25, 0.3) is 11.1 Å². The van der Waals surface area contributed by atoms with E-state index in [-0.39, 0.29) is 31.0 Å². The zero-order valence-electron chi connectivity index (χ0n) is 17.8. The molecule has 3 N–H and O–H groups in total. The molecule has 2 aromatic heterocycles. The number of nitrogens with zero attached hydrogens (tertiary/aromatic N) is 4. The van der Waals surface area contributed by atoms with E-state index in [1.54, 1.807) is 30.2 Å². The van der Waals surface area contributed by atoms with Gasteiger partial charge in [0.1, 0.15) is 24.0 Å². The number of hydrogen-bond donors (Lipinski definition) is 3. The Kier molecular flexibility index (Phi) is 5.18. The van der Waals surface area contributed by atoms with Gasteiger partial charge in [-0.3, -0.25) is 9.48 Å². The Morgan fingerprint density at radius 1 is 1.24 bits per heavy atom. The standard InChI is InChI=1S/C22H22F3N7O/c1-32-10-15(9-29-32)14-4-12(5-16(23)6-14)8-26-21(33)18-17-20(28-11-27-18)31-19(30-17)13-2-3-22(24,25)7-13/h4-6,9-11,13,19,30H,2-3,7-8H2,1H3,(H,26,33)(H,27,28,31). The van der Waals surface area contributed by atoms with Crippen molar-refractivity contribution in [2.24, 2.45) is 13.0 Å². The third kappa shape index (κ3) is 4.35. The third-order valence-electron chi connectivity index (χ3n) is 6.02. The average molecular weight is 457 g/mol. The number of nitrogens with one attached hydrogen (secondary N) is 3. The molecule has 8 nitrogen and oxygen atoms in total. The Hall–Kier alpha value is -3.63. The molecule has 1 aliphatic heterocycles. The van der Waals surface area contributed by atoms with Crippen molar-refractivity contribution in [1.29, 1.82) is 0 Å². The fourth-order valence-corrected chi connectivity index (χ4v) is 4.40. The van der Waals surface area contributed by atoms with Crippen molar-refractivity contribution in [1.82, 2.24) is 25.1 Å². The van der Waals surface area contributed by atoms with Crippen molar-refractivity contribution in [3.63, 3.8) is 0 Å². The van der Waals surface area contributed by atoms with Crippen LogP contribution in [-0.2, 0) is 13.6 Å². The molecule has 0 saturated heterocycles. The van der Waals surface area contributed by atoms with Crippen LogP contribution in [0.1, 0.15) is 35.3 Å². The minimum Gasteiger partial charge on any atom is -0.360 e. The minimum atomic E-state index is -2.67. The lowest BCUT2D eigenvalue weighted by atomic mass is 10.0. The first-order chi connectivity index (χ1) is 15.8. The van der Waals surface area contributed by atoms with E-state index < -0.39 is 23.8 Å². The molecule has 1 saturated carbocycles. The summed E-state index contributed by atoms with van der Waals surface area (Å²) in [5.41, 5.74) is 2.47. The Balaban J connectivity index is 1.29. The van der Waals surface area contributed by atoms with Crippen LogP contribution < -0.4 is 16.0 Å². The summed E-state index contributed by atoms with van der Waals surface area (Å²) in [5, 5.41) is 13.0. The summed E-state index contributed by atoms with van der Waals surface area (Å²) in [5.74, 6) is -3.46. The predicted octanol–water partition coefficient (Wildman–Crippen LogP) is 3.55. The van der Waals surface area contributed by atoms with E-state index in [0.717, 1.165) is 5.56 Å². The van der Waals surface area contributed by atoms with Gasteiger partial charge in [0.25, 0.3) is 5.91 Å². The zero-order chi connectivity index (χ0) is 23.2. The molecule has 1 aliphatic carbocycles. The Morgan fingerprint density at radius 3 is 2.82 bits per heavy atom. The highest BCUT2D eigenvalue weighted by molar-refractivity contribution is 6.00. The number of aryl methyl sites for hydroxylation is 1. The molecule has 0 radical (unpaired) electrons. The summed E-state index contributed by atoms with van der Waals surface area (Å²) in [6.45, 7) is 0.0777. The van der Waals surface area contributed by atoms with Crippen molar-refractivity contribution in [3.05, 3.63) is 54.0 Å². The molecule has 2 aliphatic rings. The molecule has 3 heterocycles. The van der Waals surface area contributed by atoms with Crippen molar-refractivity contribution in [2.75, 3.05) is 10.6 Å². The molecular formula is C22H22F3N7O. The molecule has 1 aromatic carbocycles. The van der Waals surface area contributed by atoms with E-state index in [9.17, 15) is 18.0 Å². The Morgan fingerprint density at radius 2 is 2.09 bits per heavy atom. The van der Waals surface area contributed by atoms with Gasteiger partial charge in [0.2, 0.25) is 5.92 Å². The van der Waals surface area contributed by atoms with Crippen LogP contribution in [0.15, 0.2) is 36.9 Å². The summed E-state index contributed by atoms with van der Waals surface area (Å²) in [4.78, 5) is 21.1. The molecule has 2 unspecified atom stereocenters. The summed E-state index contributed by atoms with van der Waals surface area (Å²) in [6, 6.07) is 4.53. The molecule has 172 valence electrons. The third-order valence-corrected chi connectivity index (χ3v) is 6.02. The van der Waals surface area contributed by atoms with Crippen LogP contribution in [-0.4, -0.2) is 37.7 Å². The number of fused-ring (bicyclic) bond motifs is 1. The largest absolute Gasteiger partial charge is 0.360 e. The van der Waals surface area contributed by atoms with E-state index >= 15 is 0 Å². The second-order valence-electron chi connectivity index (χ2n) is 8.50. The number of carbonyl (C=O) groups is 1. The first-order valence-corrected chi connectivity index (χ1v) is 10.6. The van der Waals surface area contributed by atoms with Gasteiger partial charge in [0.15, 0.2) is 11.5 Å². The molecule has 0 bridgehead atoms. The molecular weight excluding hydrogens is 435 g/mol. The lowest BCUT2D eigenvalue weighted by molar-refractivity contribution is 0.00461. The quantitative estimate of drug-likeness (QED) is 0.542. The van der Waals surface area contributed by atoms with E-state index in [4.69, 9.17) is 0 Å². The number of carbonyl (C=O) groups excluding carboxylic acids is 1. The normalized spacial score (nSPS) is 20.7. The van der Waals surface area contributed by atoms with Crippen molar-refractivity contribution >= 4 is 17.4 Å². The lowest BCUT2D eigenvalue weighted by Gasteiger charge is -2.19. The number of hydrogen-bond acceptors (Lipinski definition) is 6. The molecule has 33 heavy (non-hydrogen) atoms. The number of aromatic nitrogens is 4. The maximum absolute atomic E-state index is 14.2. The van der Waals surface area contributed by atoms with Crippen LogP contribution in [0.3, 0.4) is 0 Å². The van der Waals surface area contributed by atoms with Crippen LogP contribution in [0, 0.1) is 11.7 Å². The summed E-state index contributed by atoms with van der Waals surface area (Å²) < 4.78 is 43.1. The number of anilines is 2. The molecule has 11 heteroatoms. The van der Waals surface area contributed by atoms with Crippen molar-refractivity contribution < 1.29 is 18.0 Å². The number of rotatable bonds is 5. The highest BCUT2D eigenvalue weighted by atomic mass is 19.3.